The van der Waals surface area contributed by atoms with Gasteiger partial charge in [0, 0.05) is 11.6 Å². The molecule has 0 saturated carbocycles. The molecule has 0 spiro atoms. The Kier molecular flexibility index (Phi) is 6.39. The molecule has 0 saturated heterocycles. The Morgan fingerprint density at radius 3 is 2.43 bits per heavy atom. The van der Waals surface area contributed by atoms with Crippen molar-refractivity contribution in [2.45, 2.75) is 6.92 Å². The van der Waals surface area contributed by atoms with Gasteiger partial charge in [-0.1, -0.05) is 34.8 Å². The zero-order valence-electron chi connectivity index (χ0n) is 18.8. The van der Waals surface area contributed by atoms with E-state index in [-0.39, 0.29) is 21.5 Å². The van der Waals surface area contributed by atoms with Crippen LogP contribution >= 0.6 is 34.8 Å². The molecule has 12 heteroatoms. The lowest BCUT2D eigenvalue weighted by molar-refractivity contribution is 0.483. The van der Waals surface area contributed by atoms with Gasteiger partial charge in [-0.05, 0) is 61.0 Å². The Labute approximate surface area is 223 Å². The van der Waals surface area contributed by atoms with Crippen molar-refractivity contribution in [1.29, 1.82) is 5.26 Å². The topological polar surface area (TPSA) is 127 Å². The predicted octanol–water partition coefficient (Wildman–Crippen LogP) is 5.46. The van der Waals surface area contributed by atoms with Gasteiger partial charge >= 0.3 is 5.69 Å². The number of ether oxygens (including phenoxy) is 1. The Morgan fingerprint density at radius 1 is 1.00 bits per heavy atom. The van der Waals surface area contributed by atoms with Crippen molar-refractivity contribution in [3.05, 3.63) is 102 Å². The summed E-state index contributed by atoms with van der Waals surface area (Å²) < 4.78 is 6.80. The van der Waals surface area contributed by atoms with Crippen molar-refractivity contribution in [2.75, 3.05) is 0 Å². The van der Waals surface area contributed by atoms with Gasteiger partial charge in [0.25, 0.3) is 5.56 Å². The van der Waals surface area contributed by atoms with Crippen molar-refractivity contribution in [2.24, 2.45) is 0 Å². The molecule has 0 fully saturated rings. The third-order valence-corrected chi connectivity index (χ3v) is 6.14. The number of aromatic amines is 1. The Morgan fingerprint density at radius 2 is 1.76 bits per heavy atom. The van der Waals surface area contributed by atoms with Crippen molar-refractivity contribution in [3.63, 3.8) is 0 Å². The van der Waals surface area contributed by atoms with Crippen LogP contribution in [0, 0.1) is 18.3 Å². The number of fused-ring (bicyclic) bond motifs is 1. The quantitative estimate of drug-likeness (QED) is 0.314. The van der Waals surface area contributed by atoms with E-state index in [4.69, 9.17) is 49.8 Å². The number of H-pyrrole nitrogens is 1. The molecule has 2 aromatic carbocycles. The molecule has 5 aromatic rings. The maximum Gasteiger partial charge on any atom is 0.349 e. The Hall–Kier alpha value is -4.23. The highest BCUT2D eigenvalue weighted by atomic mass is 35.5. The summed E-state index contributed by atoms with van der Waals surface area (Å²) in [7, 11) is 0. The van der Waals surface area contributed by atoms with Crippen LogP contribution < -0.4 is 16.0 Å². The number of rotatable bonds is 4. The minimum Gasteiger partial charge on any atom is -0.454 e. The molecule has 0 atom stereocenters. The van der Waals surface area contributed by atoms with Crippen molar-refractivity contribution < 1.29 is 4.74 Å². The number of aryl methyl sites for hydroxylation is 1. The van der Waals surface area contributed by atoms with E-state index in [1.165, 1.54) is 12.1 Å². The molecular formula is C25H13Cl3N6O3. The maximum absolute atomic E-state index is 12.2. The summed E-state index contributed by atoms with van der Waals surface area (Å²) in [5, 5.41) is 14.4. The van der Waals surface area contributed by atoms with Crippen LogP contribution in [0.15, 0.2) is 64.3 Å². The minimum absolute atomic E-state index is 0.0833. The first-order valence-electron chi connectivity index (χ1n) is 10.6. The van der Waals surface area contributed by atoms with E-state index in [2.05, 4.69) is 10.1 Å². The zero-order valence-corrected chi connectivity index (χ0v) is 21.1. The molecule has 0 aliphatic rings. The maximum atomic E-state index is 12.2. The van der Waals surface area contributed by atoms with Gasteiger partial charge in [0.2, 0.25) is 5.69 Å². The van der Waals surface area contributed by atoms with Gasteiger partial charge < -0.3 is 4.74 Å². The van der Waals surface area contributed by atoms with Crippen molar-refractivity contribution >= 4 is 45.7 Å². The monoisotopic (exact) mass is 550 g/mol. The lowest BCUT2D eigenvalue weighted by Crippen LogP contribution is -2.33. The van der Waals surface area contributed by atoms with Crippen LogP contribution in [0.4, 0.5) is 0 Å². The molecule has 0 bridgehead atoms. The third-order valence-electron chi connectivity index (χ3n) is 5.36. The number of nitrogens with one attached hydrogen (secondary N) is 1. The van der Waals surface area contributed by atoms with Gasteiger partial charge in [0.1, 0.15) is 11.8 Å². The predicted molar refractivity (Wildman–Crippen MR) is 140 cm³/mol. The van der Waals surface area contributed by atoms with E-state index in [0.29, 0.717) is 22.2 Å². The highest BCUT2D eigenvalue weighted by molar-refractivity contribution is 6.37. The molecule has 3 aromatic heterocycles. The summed E-state index contributed by atoms with van der Waals surface area (Å²) in [6.07, 6.45) is 1.57. The van der Waals surface area contributed by atoms with Crippen LogP contribution in [0.3, 0.4) is 0 Å². The average molecular weight is 552 g/mol. The van der Waals surface area contributed by atoms with Gasteiger partial charge in [-0.3, -0.25) is 14.8 Å². The van der Waals surface area contributed by atoms with E-state index in [0.717, 1.165) is 21.1 Å². The lowest BCUT2D eigenvalue weighted by Gasteiger charge is -2.13. The van der Waals surface area contributed by atoms with Crippen LogP contribution in [-0.2, 0) is 0 Å². The largest absolute Gasteiger partial charge is 0.454 e. The number of nitrogens with zero attached hydrogens (tertiary/aromatic N) is 5. The van der Waals surface area contributed by atoms with Crippen LogP contribution in [0.5, 0.6) is 11.5 Å². The van der Waals surface area contributed by atoms with Crippen molar-refractivity contribution in [3.8, 4) is 34.6 Å². The molecule has 0 radical (unpaired) electrons. The van der Waals surface area contributed by atoms with E-state index in [1.54, 1.807) is 36.5 Å². The van der Waals surface area contributed by atoms with E-state index in [1.807, 2.05) is 24.0 Å². The summed E-state index contributed by atoms with van der Waals surface area (Å²) in [5.74, 6) is 0.606. The average Bonchev–Trinajstić information content (AvgIpc) is 2.87. The molecule has 1 N–H and O–H groups in total. The first kappa shape index (κ1) is 24.5. The number of pyridine rings is 2. The highest BCUT2D eigenvalue weighted by Crippen LogP contribution is 2.39. The minimum atomic E-state index is -0.890. The highest BCUT2D eigenvalue weighted by Gasteiger charge is 2.16. The summed E-state index contributed by atoms with van der Waals surface area (Å²) in [6, 6.07) is 15.2. The summed E-state index contributed by atoms with van der Waals surface area (Å²) in [5.41, 5.74) is 1.02. The van der Waals surface area contributed by atoms with Crippen LogP contribution in [0.25, 0.3) is 28.0 Å². The van der Waals surface area contributed by atoms with E-state index < -0.39 is 16.9 Å². The van der Waals surface area contributed by atoms with Crippen LogP contribution in [-0.4, -0.2) is 24.7 Å². The third kappa shape index (κ3) is 4.78. The smallest absolute Gasteiger partial charge is 0.349 e. The van der Waals surface area contributed by atoms with Crippen LogP contribution in [0.2, 0.25) is 15.1 Å². The fraction of sp³-hybridized carbons (Fsp3) is 0.0400. The van der Waals surface area contributed by atoms with Gasteiger partial charge in [-0.2, -0.15) is 9.94 Å². The van der Waals surface area contributed by atoms with Gasteiger partial charge in [-0.25, -0.2) is 9.78 Å². The number of benzene rings is 2. The van der Waals surface area contributed by atoms with E-state index in [9.17, 15) is 9.59 Å². The molecule has 182 valence electrons. The molecule has 0 aliphatic carbocycles. The summed E-state index contributed by atoms with van der Waals surface area (Å²) >= 11 is 18.8. The lowest BCUT2D eigenvalue weighted by atomic mass is 10.1. The zero-order chi connectivity index (χ0) is 26.3. The molecule has 0 aliphatic heterocycles. The van der Waals surface area contributed by atoms with Gasteiger partial charge in [-0.15, -0.1) is 5.10 Å². The molecule has 0 unspecified atom stereocenters. The van der Waals surface area contributed by atoms with E-state index >= 15 is 0 Å². The number of hydrogen-bond donors (Lipinski definition) is 1. The fourth-order valence-electron chi connectivity index (χ4n) is 3.63. The Bertz CT molecular complexity index is 1840. The number of nitriles is 1. The SMILES string of the molecule is Cc1cc(-c2ccc(Cl)cn2)nc2ccc(Oc3c(Cl)cc(-n4nc(C#N)c(=O)[nH]c4=O)cc3Cl)cc12. The molecular weight excluding hydrogens is 539 g/mol. The number of halogens is 3. The summed E-state index contributed by atoms with van der Waals surface area (Å²) in [4.78, 5) is 34.9. The molecule has 3 heterocycles. The first-order valence-corrected chi connectivity index (χ1v) is 11.7. The standard InChI is InChI=1S/C25H13Cl3N6O3/c1-12-6-21(20-4-2-13(26)11-30-20)31-19-5-3-15(9-16(12)19)37-23-17(27)7-14(8-18(23)28)34-25(36)32-24(35)22(10-29)33-34/h2-9,11H,1H3,(H,32,35,36). The van der Waals surface area contributed by atoms with Gasteiger partial charge in [0.15, 0.2) is 5.75 Å². The molecule has 37 heavy (non-hydrogen) atoms. The second-order valence-electron chi connectivity index (χ2n) is 7.84. The second-order valence-corrected chi connectivity index (χ2v) is 9.09. The number of hydrogen-bond acceptors (Lipinski definition) is 7. The molecule has 5 rings (SSSR count). The Balaban J connectivity index is 1.49. The number of aromatic nitrogens is 5. The van der Waals surface area contributed by atoms with Gasteiger partial charge in [0.05, 0.1) is 37.7 Å². The van der Waals surface area contributed by atoms with Crippen LogP contribution in [0.1, 0.15) is 11.3 Å². The summed E-state index contributed by atoms with van der Waals surface area (Å²) in [6.45, 7) is 1.95. The van der Waals surface area contributed by atoms with Crippen molar-refractivity contribution in [1.82, 2.24) is 24.7 Å². The normalized spacial score (nSPS) is 10.9. The first-order chi connectivity index (χ1) is 17.7. The molecule has 0 amide bonds. The fourth-order valence-corrected chi connectivity index (χ4v) is 4.29. The second kappa shape index (κ2) is 9.67. The molecule has 9 nitrogen and oxygen atoms in total.